The van der Waals surface area contributed by atoms with Crippen LogP contribution >= 0.6 is 24.0 Å². The number of nitrogens with zero attached hydrogens (tertiary/aromatic N) is 3. The van der Waals surface area contributed by atoms with Gasteiger partial charge in [0, 0.05) is 25.7 Å². The van der Waals surface area contributed by atoms with Crippen LogP contribution in [0.25, 0.3) is 0 Å². The van der Waals surface area contributed by atoms with Crippen molar-refractivity contribution in [2.45, 2.75) is 65.3 Å². The van der Waals surface area contributed by atoms with Crippen LogP contribution in [-0.2, 0) is 0 Å². The zero-order chi connectivity index (χ0) is 16.3. The van der Waals surface area contributed by atoms with Gasteiger partial charge in [-0.05, 0) is 63.5 Å². The van der Waals surface area contributed by atoms with E-state index in [4.69, 9.17) is 4.99 Å². The predicted octanol–water partition coefficient (Wildman–Crippen LogP) is 3.57. The molecule has 3 fully saturated rings. The molecule has 0 aromatic carbocycles. The zero-order valence-corrected chi connectivity index (χ0v) is 18.2. The van der Waals surface area contributed by atoms with Gasteiger partial charge in [0.05, 0.1) is 6.54 Å². The Bertz CT molecular complexity index is 414. The van der Waals surface area contributed by atoms with Crippen LogP contribution in [0.1, 0.15) is 59.3 Å². The molecule has 0 radical (unpaired) electrons. The Kier molecular flexibility index (Phi) is 7.65. The Morgan fingerprint density at radius 2 is 1.79 bits per heavy atom. The lowest BCUT2D eigenvalue weighted by Gasteiger charge is -2.38. The highest BCUT2D eigenvalue weighted by molar-refractivity contribution is 14.0. The van der Waals surface area contributed by atoms with E-state index in [1.54, 1.807) is 0 Å². The molecule has 1 aliphatic carbocycles. The van der Waals surface area contributed by atoms with Crippen LogP contribution in [0.5, 0.6) is 0 Å². The number of hydrogen-bond donors (Lipinski definition) is 1. The molecule has 0 amide bonds. The minimum Gasteiger partial charge on any atom is -0.357 e. The first kappa shape index (κ1) is 20.3. The number of likely N-dealkylation sites (tertiary alicyclic amines) is 2. The second-order valence-corrected chi connectivity index (χ2v) is 8.27. The molecule has 0 aromatic rings. The van der Waals surface area contributed by atoms with E-state index in [9.17, 15) is 0 Å². The molecule has 2 saturated heterocycles. The minimum atomic E-state index is 0. The lowest BCUT2D eigenvalue weighted by molar-refractivity contribution is 0.151. The van der Waals surface area contributed by atoms with Crippen LogP contribution in [0, 0.1) is 11.3 Å². The van der Waals surface area contributed by atoms with E-state index >= 15 is 0 Å². The first-order valence-electron chi connectivity index (χ1n) is 9.91. The third-order valence-electron chi connectivity index (χ3n) is 6.29. The molecular formula is C19H37IN4. The summed E-state index contributed by atoms with van der Waals surface area (Å²) in [6, 6.07) is 0.603. The maximum Gasteiger partial charge on any atom is 0.193 e. The highest BCUT2D eigenvalue weighted by Gasteiger charge is 2.43. The van der Waals surface area contributed by atoms with E-state index in [1.807, 2.05) is 0 Å². The molecule has 1 saturated carbocycles. The van der Waals surface area contributed by atoms with Crippen LogP contribution < -0.4 is 5.32 Å². The molecule has 3 rings (SSSR count). The van der Waals surface area contributed by atoms with Crippen LogP contribution in [0.15, 0.2) is 4.99 Å². The smallest absolute Gasteiger partial charge is 0.193 e. The molecule has 3 aliphatic rings. The van der Waals surface area contributed by atoms with E-state index in [-0.39, 0.29) is 24.0 Å². The minimum absolute atomic E-state index is 0. The summed E-state index contributed by atoms with van der Waals surface area (Å²) in [5.74, 6) is 1.84. The van der Waals surface area contributed by atoms with E-state index in [2.05, 4.69) is 35.9 Å². The van der Waals surface area contributed by atoms with Gasteiger partial charge in [-0.2, -0.15) is 0 Å². The molecule has 0 aromatic heterocycles. The van der Waals surface area contributed by atoms with Crippen molar-refractivity contribution >= 4 is 29.9 Å². The van der Waals surface area contributed by atoms with Crippen molar-refractivity contribution in [1.29, 1.82) is 0 Å². The molecule has 1 atom stereocenters. The second kappa shape index (κ2) is 9.06. The van der Waals surface area contributed by atoms with Crippen LogP contribution in [-0.4, -0.2) is 61.1 Å². The topological polar surface area (TPSA) is 30.9 Å². The van der Waals surface area contributed by atoms with Crippen molar-refractivity contribution < 1.29 is 0 Å². The van der Waals surface area contributed by atoms with Gasteiger partial charge in [-0.3, -0.25) is 9.89 Å². The normalized spacial score (nSPS) is 25.0. The monoisotopic (exact) mass is 448 g/mol. The van der Waals surface area contributed by atoms with Crippen molar-refractivity contribution in [3.8, 4) is 0 Å². The Labute approximate surface area is 165 Å². The predicted molar refractivity (Wildman–Crippen MR) is 113 cm³/mol. The number of aliphatic imine (C=N–C) groups is 1. The molecule has 2 heterocycles. The Morgan fingerprint density at radius 3 is 2.29 bits per heavy atom. The Balaban J connectivity index is 0.00000208. The van der Waals surface area contributed by atoms with E-state index in [1.165, 1.54) is 70.7 Å². The van der Waals surface area contributed by atoms with Crippen LogP contribution in [0.3, 0.4) is 0 Å². The number of hydrogen-bond acceptors (Lipinski definition) is 2. The summed E-state index contributed by atoms with van der Waals surface area (Å²) in [5.41, 5.74) is 0.641. The first-order chi connectivity index (χ1) is 11.1. The third-order valence-corrected chi connectivity index (χ3v) is 6.29. The summed E-state index contributed by atoms with van der Waals surface area (Å²) in [6.45, 7) is 13.8. The van der Waals surface area contributed by atoms with Gasteiger partial charge in [-0.1, -0.05) is 20.3 Å². The van der Waals surface area contributed by atoms with Crippen LogP contribution in [0.2, 0.25) is 0 Å². The molecule has 1 spiro atoms. The second-order valence-electron chi connectivity index (χ2n) is 8.27. The number of guanidine groups is 1. The lowest BCUT2D eigenvalue weighted by atomic mass is 9.68. The van der Waals surface area contributed by atoms with Gasteiger partial charge in [-0.25, -0.2) is 0 Å². The van der Waals surface area contributed by atoms with Crippen LogP contribution in [0.4, 0.5) is 0 Å². The molecule has 1 N–H and O–H groups in total. The maximum absolute atomic E-state index is 5.08. The SMILES string of the molecule is CCNC(=NCC(C(C)C)N1CCCC1)N1CCC2(CCC2)C1.I. The van der Waals surface area contributed by atoms with Crippen molar-refractivity contribution in [3.63, 3.8) is 0 Å². The van der Waals surface area contributed by atoms with Gasteiger partial charge in [0.1, 0.15) is 0 Å². The van der Waals surface area contributed by atoms with Gasteiger partial charge >= 0.3 is 0 Å². The average molecular weight is 448 g/mol. The molecular weight excluding hydrogens is 411 g/mol. The maximum atomic E-state index is 5.08. The summed E-state index contributed by atoms with van der Waals surface area (Å²) in [7, 11) is 0. The summed E-state index contributed by atoms with van der Waals surface area (Å²) in [5, 5.41) is 3.55. The lowest BCUT2D eigenvalue weighted by Crippen LogP contribution is -2.44. The zero-order valence-electron chi connectivity index (χ0n) is 15.9. The van der Waals surface area contributed by atoms with Gasteiger partial charge in [0.15, 0.2) is 5.96 Å². The number of rotatable bonds is 5. The molecule has 1 unspecified atom stereocenters. The summed E-state index contributed by atoms with van der Waals surface area (Å²) < 4.78 is 0. The van der Waals surface area contributed by atoms with Crippen molar-refractivity contribution in [3.05, 3.63) is 0 Å². The molecule has 2 aliphatic heterocycles. The highest BCUT2D eigenvalue weighted by atomic mass is 127. The summed E-state index contributed by atoms with van der Waals surface area (Å²) in [6.07, 6.45) is 8.41. The fourth-order valence-corrected chi connectivity index (χ4v) is 4.63. The van der Waals surface area contributed by atoms with E-state index in [0.29, 0.717) is 17.4 Å². The third kappa shape index (κ3) is 4.57. The molecule has 0 bridgehead atoms. The quantitative estimate of drug-likeness (QED) is 0.397. The number of nitrogens with one attached hydrogen (secondary N) is 1. The molecule has 140 valence electrons. The van der Waals surface area contributed by atoms with Gasteiger partial charge in [0.25, 0.3) is 0 Å². The summed E-state index contributed by atoms with van der Waals surface area (Å²) >= 11 is 0. The number of halogens is 1. The first-order valence-corrected chi connectivity index (χ1v) is 9.91. The van der Waals surface area contributed by atoms with Crippen molar-refractivity contribution in [2.75, 3.05) is 39.3 Å². The van der Waals surface area contributed by atoms with Crippen molar-refractivity contribution in [1.82, 2.24) is 15.1 Å². The largest absolute Gasteiger partial charge is 0.357 e. The molecule has 4 nitrogen and oxygen atoms in total. The van der Waals surface area contributed by atoms with Crippen molar-refractivity contribution in [2.24, 2.45) is 16.3 Å². The standard InChI is InChI=1S/C19H36N4.HI/c1-4-20-18(23-13-10-19(15-23)8-7-9-19)21-14-17(16(2)3)22-11-5-6-12-22;/h16-17H,4-15H2,1-3H3,(H,20,21);1H. The highest BCUT2D eigenvalue weighted by Crippen LogP contribution is 2.47. The Morgan fingerprint density at radius 1 is 1.08 bits per heavy atom. The van der Waals surface area contributed by atoms with Gasteiger partial charge < -0.3 is 10.2 Å². The fourth-order valence-electron chi connectivity index (χ4n) is 4.63. The molecule has 5 heteroatoms. The van der Waals surface area contributed by atoms with Gasteiger partial charge in [-0.15, -0.1) is 24.0 Å². The summed E-state index contributed by atoms with van der Waals surface area (Å²) in [4.78, 5) is 10.3. The van der Waals surface area contributed by atoms with E-state index in [0.717, 1.165) is 13.1 Å². The fraction of sp³-hybridized carbons (Fsp3) is 0.947. The molecule has 24 heavy (non-hydrogen) atoms. The Hall–Kier alpha value is -0.0400. The van der Waals surface area contributed by atoms with E-state index < -0.39 is 0 Å². The van der Waals surface area contributed by atoms with Gasteiger partial charge in [0.2, 0.25) is 0 Å². The average Bonchev–Trinajstić information content (AvgIpc) is 3.15.